The molecule has 0 bridgehead atoms. The third-order valence-corrected chi connectivity index (χ3v) is 2.03. The van der Waals surface area contributed by atoms with Gasteiger partial charge in [0.25, 0.3) is 0 Å². The van der Waals surface area contributed by atoms with E-state index in [-0.39, 0.29) is 18.0 Å². The minimum Gasteiger partial charge on any atom is -0.476 e. The second kappa shape index (κ2) is 5.05. The third kappa shape index (κ3) is 4.37. The minimum atomic E-state index is -2.65. The summed E-state index contributed by atoms with van der Waals surface area (Å²) in [6, 6.07) is 0. The normalized spacial score (nSPS) is 11.7. The molecule has 4 nitrogen and oxygen atoms in total. The van der Waals surface area contributed by atoms with Crippen molar-refractivity contribution in [1.29, 1.82) is 0 Å². The largest absolute Gasteiger partial charge is 0.476 e. The third-order valence-electron chi connectivity index (χ3n) is 2.03. The van der Waals surface area contributed by atoms with Gasteiger partial charge in [0.15, 0.2) is 11.6 Å². The Bertz CT molecular complexity index is 357. The highest BCUT2D eigenvalue weighted by Crippen LogP contribution is 2.20. The second-order valence-corrected chi connectivity index (χ2v) is 3.71. The summed E-state index contributed by atoms with van der Waals surface area (Å²) in [6.07, 6.45) is 2.10. The number of aromatic carboxylic acids is 1. The van der Waals surface area contributed by atoms with Gasteiger partial charge in [0.1, 0.15) is 6.26 Å². The molecule has 1 rings (SSSR count). The molecule has 16 heavy (non-hydrogen) atoms. The zero-order chi connectivity index (χ0) is 12.2. The van der Waals surface area contributed by atoms with Crippen molar-refractivity contribution in [1.82, 2.24) is 4.98 Å². The van der Waals surface area contributed by atoms with Crippen LogP contribution in [0.1, 0.15) is 42.6 Å². The molecule has 0 spiro atoms. The number of carboxylic acid groups (broad SMARTS) is 1. The van der Waals surface area contributed by atoms with Crippen LogP contribution in [0.2, 0.25) is 0 Å². The number of aryl methyl sites for hydroxylation is 1. The second-order valence-electron chi connectivity index (χ2n) is 3.71. The summed E-state index contributed by atoms with van der Waals surface area (Å²) in [5.74, 6) is -3.53. The van der Waals surface area contributed by atoms with Crippen LogP contribution < -0.4 is 0 Å². The lowest BCUT2D eigenvalue weighted by Gasteiger charge is -2.08. The first-order valence-electron chi connectivity index (χ1n) is 4.94. The summed E-state index contributed by atoms with van der Waals surface area (Å²) in [6.45, 7) is 0.876. The van der Waals surface area contributed by atoms with E-state index in [2.05, 4.69) is 4.98 Å². The first-order valence-corrected chi connectivity index (χ1v) is 4.94. The monoisotopic (exact) mass is 233 g/mol. The van der Waals surface area contributed by atoms with Gasteiger partial charge in [-0.2, -0.15) is 0 Å². The summed E-state index contributed by atoms with van der Waals surface area (Å²) in [7, 11) is 0. The predicted octanol–water partition coefficient (Wildman–Crippen LogP) is 2.74. The lowest BCUT2D eigenvalue weighted by Crippen LogP contribution is -2.08. The van der Waals surface area contributed by atoms with Crippen molar-refractivity contribution in [3.05, 3.63) is 17.8 Å². The van der Waals surface area contributed by atoms with Gasteiger partial charge < -0.3 is 9.52 Å². The van der Waals surface area contributed by atoms with Crippen LogP contribution in [-0.2, 0) is 6.42 Å². The number of alkyl halides is 2. The van der Waals surface area contributed by atoms with Crippen molar-refractivity contribution >= 4 is 5.97 Å². The summed E-state index contributed by atoms with van der Waals surface area (Å²) in [5.41, 5.74) is -0.157. The molecule has 0 aliphatic carbocycles. The molecular weight excluding hydrogens is 220 g/mol. The van der Waals surface area contributed by atoms with Crippen molar-refractivity contribution in [3.8, 4) is 0 Å². The maximum absolute atomic E-state index is 12.4. The van der Waals surface area contributed by atoms with Crippen LogP contribution in [0, 0.1) is 0 Å². The number of hydrogen-bond donors (Lipinski definition) is 1. The van der Waals surface area contributed by atoms with Gasteiger partial charge in [0.2, 0.25) is 5.92 Å². The Labute approximate surface area is 91.3 Å². The van der Waals surface area contributed by atoms with Crippen LogP contribution in [0.4, 0.5) is 8.78 Å². The Kier molecular flexibility index (Phi) is 3.98. The highest BCUT2D eigenvalue weighted by atomic mass is 19.3. The van der Waals surface area contributed by atoms with Gasteiger partial charge in [-0.15, -0.1) is 0 Å². The molecule has 1 heterocycles. The zero-order valence-corrected chi connectivity index (χ0v) is 8.87. The van der Waals surface area contributed by atoms with E-state index in [1.807, 2.05) is 0 Å². The molecule has 0 aliphatic rings. The number of nitrogens with zero attached hydrogens (tertiary/aromatic N) is 1. The fourth-order valence-electron chi connectivity index (χ4n) is 1.24. The number of aromatic nitrogens is 1. The number of unbranched alkanes of at least 4 members (excludes halogenated alkanes) is 1. The molecule has 1 N–H and O–H groups in total. The van der Waals surface area contributed by atoms with Crippen molar-refractivity contribution in [3.63, 3.8) is 0 Å². The van der Waals surface area contributed by atoms with Gasteiger partial charge in [-0.05, 0) is 19.8 Å². The van der Waals surface area contributed by atoms with Crippen molar-refractivity contribution in [2.45, 2.75) is 38.5 Å². The van der Waals surface area contributed by atoms with Crippen LogP contribution in [0.15, 0.2) is 10.7 Å². The van der Waals surface area contributed by atoms with Crippen LogP contribution in [0.25, 0.3) is 0 Å². The van der Waals surface area contributed by atoms with E-state index in [0.29, 0.717) is 19.3 Å². The van der Waals surface area contributed by atoms with E-state index in [1.165, 1.54) is 0 Å². The number of carbonyl (C=O) groups is 1. The topological polar surface area (TPSA) is 63.3 Å². The van der Waals surface area contributed by atoms with Gasteiger partial charge in [0.05, 0.1) is 0 Å². The van der Waals surface area contributed by atoms with E-state index in [1.54, 1.807) is 0 Å². The molecule has 1 aromatic rings. The van der Waals surface area contributed by atoms with E-state index in [4.69, 9.17) is 9.52 Å². The number of carboxylic acids is 1. The van der Waals surface area contributed by atoms with Crippen molar-refractivity contribution in [2.24, 2.45) is 0 Å². The van der Waals surface area contributed by atoms with Gasteiger partial charge in [0, 0.05) is 12.8 Å². The highest BCUT2D eigenvalue weighted by Gasteiger charge is 2.20. The van der Waals surface area contributed by atoms with E-state index in [0.717, 1.165) is 13.2 Å². The Morgan fingerprint density at radius 2 is 2.25 bits per heavy atom. The molecule has 90 valence electrons. The fraction of sp³-hybridized carbons (Fsp3) is 0.600. The summed E-state index contributed by atoms with van der Waals surface area (Å²) < 4.78 is 29.8. The minimum absolute atomic E-state index is 0.157. The number of halogens is 2. The van der Waals surface area contributed by atoms with Crippen LogP contribution in [0.3, 0.4) is 0 Å². The first kappa shape index (κ1) is 12.6. The zero-order valence-electron chi connectivity index (χ0n) is 8.87. The van der Waals surface area contributed by atoms with Gasteiger partial charge >= 0.3 is 5.97 Å². The van der Waals surface area contributed by atoms with Crippen molar-refractivity contribution < 1.29 is 23.1 Å². The molecule has 0 amide bonds. The van der Waals surface area contributed by atoms with E-state index < -0.39 is 11.9 Å². The number of hydrogen-bond acceptors (Lipinski definition) is 3. The van der Waals surface area contributed by atoms with Gasteiger partial charge in [-0.1, -0.05) is 0 Å². The van der Waals surface area contributed by atoms with Crippen molar-refractivity contribution in [2.75, 3.05) is 0 Å². The van der Waals surface area contributed by atoms with Gasteiger partial charge in [-0.25, -0.2) is 18.6 Å². The van der Waals surface area contributed by atoms with Crippen LogP contribution in [-0.4, -0.2) is 22.0 Å². The molecule has 0 radical (unpaired) electrons. The molecule has 0 aliphatic heterocycles. The molecule has 0 atom stereocenters. The molecule has 1 aromatic heterocycles. The van der Waals surface area contributed by atoms with Crippen LogP contribution >= 0.6 is 0 Å². The molecule has 0 aromatic carbocycles. The summed E-state index contributed by atoms with van der Waals surface area (Å²) in [4.78, 5) is 14.1. The first-order chi connectivity index (χ1) is 7.38. The summed E-state index contributed by atoms with van der Waals surface area (Å²) in [5, 5.41) is 8.55. The van der Waals surface area contributed by atoms with Gasteiger partial charge in [-0.3, -0.25) is 0 Å². The molecule has 6 heteroatoms. The maximum Gasteiger partial charge on any atom is 0.357 e. The average Bonchev–Trinajstić information content (AvgIpc) is 2.59. The summed E-state index contributed by atoms with van der Waals surface area (Å²) >= 11 is 0. The fourth-order valence-corrected chi connectivity index (χ4v) is 1.24. The quantitative estimate of drug-likeness (QED) is 0.767. The molecule has 0 saturated carbocycles. The average molecular weight is 233 g/mol. The Hall–Kier alpha value is -1.46. The molecule has 0 fully saturated rings. The van der Waals surface area contributed by atoms with E-state index in [9.17, 15) is 13.6 Å². The predicted molar refractivity (Wildman–Crippen MR) is 51.6 cm³/mol. The standard InChI is InChI=1S/C10H13F2NO3/c1-10(11,12)5-3-2-4-8-13-7(6-16-8)9(14)15/h6H,2-5H2,1H3,(H,14,15). The lowest BCUT2D eigenvalue weighted by molar-refractivity contribution is 0.0104. The maximum atomic E-state index is 12.4. The Morgan fingerprint density at radius 3 is 2.75 bits per heavy atom. The molecule has 0 saturated heterocycles. The molecular formula is C10H13F2NO3. The number of oxazole rings is 1. The highest BCUT2D eigenvalue weighted by molar-refractivity contribution is 5.84. The van der Waals surface area contributed by atoms with Crippen LogP contribution in [0.5, 0.6) is 0 Å². The molecule has 0 unspecified atom stereocenters. The van der Waals surface area contributed by atoms with E-state index >= 15 is 0 Å². The lowest BCUT2D eigenvalue weighted by atomic mass is 10.1. The Morgan fingerprint density at radius 1 is 1.56 bits per heavy atom. The smallest absolute Gasteiger partial charge is 0.357 e. The Balaban J connectivity index is 2.30. The SMILES string of the molecule is CC(F)(F)CCCCc1nc(C(=O)O)co1. The number of rotatable bonds is 6.